The highest BCUT2D eigenvalue weighted by molar-refractivity contribution is 14.1. The van der Waals surface area contributed by atoms with Gasteiger partial charge in [-0.25, -0.2) is 87.8 Å². The molecule has 0 unspecified atom stereocenters. The molecule has 98 heavy (non-hydrogen) atoms. The van der Waals surface area contributed by atoms with E-state index in [0.29, 0.717) is 23.6 Å². The molecule has 0 spiro atoms. The fraction of sp³-hybridized carbons (Fsp3) is 0. The average Bonchev–Trinajstić information content (AvgIpc) is 0.801. The second-order valence-corrected chi connectivity index (χ2v) is 27.7. The molecule has 0 saturated heterocycles. The largest absolute Gasteiger partial charge is 0.416 e. The topological polar surface area (TPSA) is 77.8 Å². The van der Waals surface area contributed by atoms with E-state index < -0.39 is 189 Å². The molecule has 2 aromatic heterocycles. The van der Waals surface area contributed by atoms with Crippen molar-refractivity contribution in [2.24, 2.45) is 0 Å². The summed E-state index contributed by atoms with van der Waals surface area (Å²) in [6, 6.07) is 39.0. The first-order chi connectivity index (χ1) is 46.4. The van der Waals surface area contributed by atoms with Gasteiger partial charge in [0.05, 0.1) is 50.8 Å². The molecule has 0 bridgehead atoms. The molecule has 0 fully saturated rings. The van der Waals surface area contributed by atoms with E-state index in [9.17, 15) is 79.0 Å². The van der Waals surface area contributed by atoms with Crippen molar-refractivity contribution in [1.29, 1.82) is 0 Å². The summed E-state index contributed by atoms with van der Waals surface area (Å²) in [5.74, 6) is -38.1. The molecule has 0 aliphatic carbocycles. The van der Waals surface area contributed by atoms with Crippen molar-refractivity contribution in [2.75, 3.05) is 0 Å². The number of benzene rings is 10. The van der Waals surface area contributed by atoms with Crippen LogP contribution in [0.4, 0.5) is 87.8 Å². The Morgan fingerprint density at radius 2 is 0.316 bits per heavy atom. The van der Waals surface area contributed by atoms with Crippen LogP contribution >= 0.6 is 181 Å². The van der Waals surface area contributed by atoms with Crippen LogP contribution in [0.5, 0.6) is 0 Å². The van der Waals surface area contributed by atoms with E-state index in [0.717, 1.165) is 203 Å². The summed E-state index contributed by atoms with van der Waals surface area (Å²) in [5.41, 5.74) is -6.30. The summed E-state index contributed by atoms with van der Waals surface area (Å²) in [4.78, 5) is 0. The summed E-state index contributed by atoms with van der Waals surface area (Å²) >= 11 is 8.61. The number of halogens is 28. The van der Waals surface area contributed by atoms with Gasteiger partial charge in [-0.3, -0.25) is 0 Å². The van der Waals surface area contributed by atoms with Crippen molar-refractivity contribution in [2.45, 2.75) is 0 Å². The van der Waals surface area contributed by atoms with E-state index in [2.05, 4.69) is 20.4 Å². The third-order valence-electron chi connectivity index (χ3n) is 13.3. The minimum absolute atomic E-state index is 0.546. The first kappa shape index (κ1) is 77.1. The van der Waals surface area contributed by atoms with Crippen molar-refractivity contribution in [3.63, 3.8) is 0 Å². The van der Waals surface area contributed by atoms with Crippen LogP contribution in [0.25, 0.3) is 90.3 Å². The minimum atomic E-state index is -2.34. The molecular formula is C64H20F20I8N4O2. The SMILES string of the molecule is Fc1c(F)c(I)c(-c2c(F)c(F)c(F)c(-c3c(I)c(F)c(F)c(F)c3I)c2F)c(I)c1F.Fc1c(F)c(I)c(-c2c(F)c(F)c(F)c(-c3c(I)c(F)c(F)c(F)c3I)c2F)c(I)c1F.c1ccc(-c2nnc(-c3ccccc3)o2)cc1.c1ccc(-c2nnc(-c3ccccc3)o2)cc1. The van der Waals surface area contributed by atoms with Gasteiger partial charge in [-0.05, 0) is 229 Å². The lowest BCUT2D eigenvalue weighted by Gasteiger charge is -2.18. The van der Waals surface area contributed by atoms with Crippen LogP contribution in [0, 0.1) is 145 Å². The third kappa shape index (κ3) is 15.1. The van der Waals surface area contributed by atoms with Crippen LogP contribution < -0.4 is 0 Å². The van der Waals surface area contributed by atoms with E-state index in [-0.39, 0.29) is 0 Å². The molecule has 6 nitrogen and oxygen atoms in total. The first-order valence-electron chi connectivity index (χ1n) is 26.0. The van der Waals surface area contributed by atoms with Gasteiger partial charge in [0, 0.05) is 44.5 Å². The molecule has 0 aliphatic rings. The fourth-order valence-corrected chi connectivity index (χ4v) is 17.0. The molecule has 0 amide bonds. The standard InChI is InChI=1S/2C18F10I4.2C14H10N2O/c2*19-5-1(3-15(29)11(25)9(23)12(26)16(3)30)6(20)8(22)7(21)2(5)4-17(31)13(27)10(24)14(28)18(4)32;2*1-3-7-11(8-4-1)13-15-16-14(17-13)12-9-5-2-6-10-12/h;;2*1-10H. The molecule has 0 N–H and O–H groups in total. The summed E-state index contributed by atoms with van der Waals surface area (Å²) in [7, 11) is 0. The zero-order chi connectivity index (χ0) is 71.8. The normalized spacial score (nSPS) is 11.1. The molecule has 0 atom stereocenters. The Labute approximate surface area is 646 Å². The molecule has 0 radical (unpaired) electrons. The second kappa shape index (κ2) is 32.5. The van der Waals surface area contributed by atoms with Crippen LogP contribution in [-0.2, 0) is 0 Å². The van der Waals surface area contributed by atoms with Gasteiger partial charge in [-0.1, -0.05) is 72.8 Å². The monoisotopic (exact) mass is 2270 g/mol. The number of nitrogens with zero attached hydrogens (tertiary/aromatic N) is 4. The lowest BCUT2D eigenvalue weighted by Crippen LogP contribution is -2.11. The second-order valence-electron chi connectivity index (χ2n) is 19.1. The molecule has 2 heterocycles. The van der Waals surface area contributed by atoms with Crippen molar-refractivity contribution in [3.8, 4) is 90.3 Å². The van der Waals surface area contributed by atoms with Crippen LogP contribution in [0.2, 0.25) is 0 Å². The zero-order valence-corrected chi connectivity index (χ0v) is 64.0. The summed E-state index contributed by atoms with van der Waals surface area (Å²) < 4.78 is 290. The number of aromatic nitrogens is 4. The average molecular weight is 2270 g/mol. The van der Waals surface area contributed by atoms with Crippen molar-refractivity contribution < 1.29 is 96.6 Å². The highest BCUT2D eigenvalue weighted by Crippen LogP contribution is 2.48. The maximum absolute atomic E-state index is 15.5. The predicted molar refractivity (Wildman–Crippen MR) is 386 cm³/mol. The van der Waals surface area contributed by atoms with Gasteiger partial charge < -0.3 is 8.83 Å². The molecule has 10 aromatic carbocycles. The van der Waals surface area contributed by atoms with Gasteiger partial charge in [-0.2, -0.15) is 0 Å². The highest BCUT2D eigenvalue weighted by Gasteiger charge is 2.38. The molecular weight excluding hydrogens is 2250 g/mol. The van der Waals surface area contributed by atoms with Gasteiger partial charge in [0.1, 0.15) is 11.6 Å². The molecule has 504 valence electrons. The van der Waals surface area contributed by atoms with E-state index in [1.54, 1.807) is 0 Å². The molecule has 0 saturated carbocycles. The Morgan fingerprint density at radius 3 is 0.469 bits per heavy atom. The number of hydrogen-bond acceptors (Lipinski definition) is 6. The Morgan fingerprint density at radius 1 is 0.173 bits per heavy atom. The van der Waals surface area contributed by atoms with Crippen LogP contribution in [0.1, 0.15) is 0 Å². The summed E-state index contributed by atoms with van der Waals surface area (Å²) in [6.07, 6.45) is 0. The van der Waals surface area contributed by atoms with Gasteiger partial charge >= 0.3 is 0 Å². The highest BCUT2D eigenvalue weighted by atomic mass is 127. The van der Waals surface area contributed by atoms with Gasteiger partial charge in [0.2, 0.25) is 23.6 Å². The van der Waals surface area contributed by atoms with Gasteiger partial charge in [0.15, 0.2) is 105 Å². The van der Waals surface area contributed by atoms with E-state index in [1.165, 1.54) is 0 Å². The number of rotatable bonds is 8. The smallest absolute Gasteiger partial charge is 0.248 e. The third-order valence-corrected chi connectivity index (χ3v) is 21.4. The summed E-state index contributed by atoms with van der Waals surface area (Å²) in [6.45, 7) is 0. The van der Waals surface area contributed by atoms with E-state index in [1.807, 2.05) is 121 Å². The molecule has 12 rings (SSSR count). The molecule has 0 aliphatic heterocycles. The predicted octanol–water partition coefficient (Wildman–Crippen LogP) is 24.5. The van der Waals surface area contributed by atoms with Crippen LogP contribution in [-0.4, -0.2) is 20.4 Å². The molecule has 12 aromatic rings. The van der Waals surface area contributed by atoms with Gasteiger partial charge in [-0.15, -0.1) is 20.4 Å². The van der Waals surface area contributed by atoms with E-state index >= 15 is 8.78 Å². The Hall–Kier alpha value is -5.08. The Bertz CT molecular complexity index is 4370. The van der Waals surface area contributed by atoms with E-state index in [4.69, 9.17) is 8.83 Å². The zero-order valence-electron chi connectivity index (χ0n) is 46.7. The van der Waals surface area contributed by atoms with Crippen LogP contribution in [0.15, 0.2) is 130 Å². The van der Waals surface area contributed by atoms with Gasteiger partial charge in [0.25, 0.3) is 0 Å². The minimum Gasteiger partial charge on any atom is -0.416 e. The lowest BCUT2D eigenvalue weighted by atomic mass is 9.95. The maximum Gasteiger partial charge on any atom is 0.248 e. The van der Waals surface area contributed by atoms with Crippen molar-refractivity contribution in [1.82, 2.24) is 20.4 Å². The van der Waals surface area contributed by atoms with Crippen molar-refractivity contribution in [3.05, 3.63) is 266 Å². The Balaban J connectivity index is 0.000000159. The fourth-order valence-electron chi connectivity index (χ4n) is 8.68. The first-order valence-corrected chi connectivity index (χ1v) is 34.7. The molecule has 34 heteroatoms. The quantitative estimate of drug-likeness (QED) is 0.0653. The maximum atomic E-state index is 15.5. The lowest BCUT2D eigenvalue weighted by molar-refractivity contribution is 0.432. The van der Waals surface area contributed by atoms with Crippen molar-refractivity contribution >= 4 is 181 Å². The van der Waals surface area contributed by atoms with Crippen LogP contribution in [0.3, 0.4) is 0 Å². The Kier molecular flexibility index (Phi) is 25.6. The summed E-state index contributed by atoms with van der Waals surface area (Å²) in [5, 5.41) is 16.2. The number of hydrogen-bond donors (Lipinski definition) is 0.